The summed E-state index contributed by atoms with van der Waals surface area (Å²) < 4.78 is 10.7. The maximum absolute atomic E-state index is 11.3. The number of benzene rings is 1. The molecule has 0 radical (unpaired) electrons. The second kappa shape index (κ2) is 9.44. The Balaban J connectivity index is 1.96. The van der Waals surface area contributed by atoms with E-state index in [0.717, 1.165) is 57.5 Å². The molecule has 1 fully saturated rings. The number of nitro groups is 1. The largest absolute Gasteiger partial charge is 0.493 e. The van der Waals surface area contributed by atoms with Gasteiger partial charge in [0.05, 0.1) is 18.6 Å². The van der Waals surface area contributed by atoms with E-state index in [1.165, 1.54) is 7.11 Å². The van der Waals surface area contributed by atoms with Crippen molar-refractivity contribution in [3.05, 3.63) is 27.8 Å². The fourth-order valence-corrected chi connectivity index (χ4v) is 2.96. The molecule has 7 nitrogen and oxygen atoms in total. The standard InChI is InChI=1S/C17H27N3O4/c1-3-24-17-15(20(21)22)12-14(13-16(17)23-2)6-4-5-9-19-10-7-18-8-11-19/h12-13,18H,3-11H2,1-2H3. The molecule has 2 rings (SSSR count). The summed E-state index contributed by atoms with van der Waals surface area (Å²) in [6.07, 6.45) is 2.89. The number of unbranched alkanes of at least 4 members (excludes halogenated alkanes) is 1. The van der Waals surface area contributed by atoms with Gasteiger partial charge in [-0.05, 0) is 44.4 Å². The van der Waals surface area contributed by atoms with Gasteiger partial charge in [-0.25, -0.2) is 0 Å². The van der Waals surface area contributed by atoms with Gasteiger partial charge < -0.3 is 19.7 Å². The second-order valence-electron chi connectivity index (χ2n) is 5.89. The quantitative estimate of drug-likeness (QED) is 0.423. The number of nitro benzene ring substituents is 1. The number of nitrogens with zero attached hydrogens (tertiary/aromatic N) is 2. The minimum atomic E-state index is -0.405. The monoisotopic (exact) mass is 337 g/mol. The van der Waals surface area contributed by atoms with Gasteiger partial charge in [0.25, 0.3) is 0 Å². The topological polar surface area (TPSA) is 76.9 Å². The van der Waals surface area contributed by atoms with Crippen LogP contribution in [0.5, 0.6) is 11.5 Å². The van der Waals surface area contributed by atoms with E-state index in [4.69, 9.17) is 9.47 Å². The lowest BCUT2D eigenvalue weighted by molar-refractivity contribution is -0.386. The third-order valence-electron chi connectivity index (χ3n) is 4.20. The molecule has 1 saturated heterocycles. The number of hydrogen-bond acceptors (Lipinski definition) is 6. The maximum Gasteiger partial charge on any atom is 0.315 e. The molecule has 1 aromatic carbocycles. The second-order valence-corrected chi connectivity index (χ2v) is 5.89. The molecule has 1 aromatic rings. The van der Waals surface area contributed by atoms with Gasteiger partial charge >= 0.3 is 5.69 Å². The zero-order valence-electron chi connectivity index (χ0n) is 14.5. The van der Waals surface area contributed by atoms with E-state index in [2.05, 4.69) is 10.2 Å². The van der Waals surface area contributed by atoms with Crippen LogP contribution in [0.15, 0.2) is 12.1 Å². The molecule has 0 aliphatic carbocycles. The van der Waals surface area contributed by atoms with Crippen molar-refractivity contribution in [1.29, 1.82) is 0 Å². The molecule has 1 aliphatic rings. The smallest absolute Gasteiger partial charge is 0.315 e. The molecule has 0 spiro atoms. The van der Waals surface area contributed by atoms with Crippen LogP contribution in [-0.4, -0.2) is 56.3 Å². The Hall–Kier alpha value is -1.86. The van der Waals surface area contributed by atoms with Crippen LogP contribution in [0.1, 0.15) is 25.3 Å². The van der Waals surface area contributed by atoms with Gasteiger partial charge in [0.1, 0.15) is 0 Å². The lowest BCUT2D eigenvalue weighted by Gasteiger charge is -2.27. The number of nitrogens with one attached hydrogen (secondary N) is 1. The van der Waals surface area contributed by atoms with E-state index < -0.39 is 4.92 Å². The Morgan fingerprint density at radius 3 is 2.67 bits per heavy atom. The van der Waals surface area contributed by atoms with Crippen LogP contribution in [0.3, 0.4) is 0 Å². The van der Waals surface area contributed by atoms with Crippen molar-refractivity contribution >= 4 is 5.69 Å². The number of ether oxygens (including phenoxy) is 2. The molecule has 24 heavy (non-hydrogen) atoms. The molecule has 0 bridgehead atoms. The van der Waals surface area contributed by atoms with Crippen molar-refractivity contribution in [3.8, 4) is 11.5 Å². The number of piperazine rings is 1. The van der Waals surface area contributed by atoms with E-state index in [9.17, 15) is 10.1 Å². The summed E-state index contributed by atoms with van der Waals surface area (Å²) in [6.45, 7) is 7.56. The molecular weight excluding hydrogens is 310 g/mol. The molecule has 0 atom stereocenters. The lowest BCUT2D eigenvalue weighted by atomic mass is 10.1. The van der Waals surface area contributed by atoms with Crippen LogP contribution in [-0.2, 0) is 6.42 Å². The highest BCUT2D eigenvalue weighted by atomic mass is 16.6. The van der Waals surface area contributed by atoms with E-state index in [-0.39, 0.29) is 11.4 Å². The summed E-state index contributed by atoms with van der Waals surface area (Å²) in [5, 5.41) is 14.7. The third kappa shape index (κ3) is 5.07. The predicted octanol–water partition coefficient (Wildman–Crippen LogP) is 2.23. The number of hydrogen-bond donors (Lipinski definition) is 1. The fraction of sp³-hybridized carbons (Fsp3) is 0.647. The van der Waals surface area contributed by atoms with Crippen LogP contribution in [0, 0.1) is 10.1 Å². The zero-order chi connectivity index (χ0) is 17.4. The fourth-order valence-electron chi connectivity index (χ4n) is 2.96. The van der Waals surface area contributed by atoms with E-state index in [1.807, 2.05) is 6.07 Å². The van der Waals surface area contributed by atoms with Crippen LogP contribution < -0.4 is 14.8 Å². The molecule has 134 valence electrons. The Morgan fingerprint density at radius 2 is 2.04 bits per heavy atom. The average molecular weight is 337 g/mol. The zero-order valence-corrected chi connectivity index (χ0v) is 14.5. The predicted molar refractivity (Wildman–Crippen MR) is 93.1 cm³/mol. The summed E-state index contributed by atoms with van der Waals surface area (Å²) in [5.74, 6) is 0.651. The van der Waals surface area contributed by atoms with E-state index >= 15 is 0 Å². The lowest BCUT2D eigenvalue weighted by Crippen LogP contribution is -2.43. The molecule has 0 saturated carbocycles. The molecule has 0 amide bonds. The van der Waals surface area contributed by atoms with Crippen LogP contribution in [0.2, 0.25) is 0 Å². The van der Waals surface area contributed by atoms with Crippen LogP contribution in [0.4, 0.5) is 5.69 Å². The average Bonchev–Trinajstić information content (AvgIpc) is 2.60. The molecule has 7 heteroatoms. The molecular formula is C17H27N3O4. The summed E-state index contributed by atoms with van der Waals surface area (Å²) >= 11 is 0. The molecule has 0 unspecified atom stereocenters. The minimum absolute atomic E-state index is 0.0201. The summed E-state index contributed by atoms with van der Waals surface area (Å²) in [4.78, 5) is 13.4. The first kappa shape index (κ1) is 18.5. The van der Waals surface area contributed by atoms with Crippen LogP contribution in [0.25, 0.3) is 0 Å². The van der Waals surface area contributed by atoms with Gasteiger partial charge in [-0.15, -0.1) is 0 Å². The normalized spacial score (nSPS) is 15.2. The molecule has 1 aliphatic heterocycles. The van der Waals surface area contributed by atoms with Gasteiger partial charge in [-0.3, -0.25) is 10.1 Å². The van der Waals surface area contributed by atoms with Crippen molar-refractivity contribution in [3.63, 3.8) is 0 Å². The Kier molecular flexibility index (Phi) is 7.27. The Morgan fingerprint density at radius 1 is 1.29 bits per heavy atom. The van der Waals surface area contributed by atoms with Crippen molar-refractivity contribution < 1.29 is 14.4 Å². The van der Waals surface area contributed by atoms with Gasteiger partial charge in [-0.1, -0.05) is 0 Å². The summed E-state index contributed by atoms with van der Waals surface area (Å²) in [5.41, 5.74) is 0.899. The minimum Gasteiger partial charge on any atom is -0.493 e. The molecule has 1 heterocycles. The number of methoxy groups -OCH3 is 1. The first-order chi connectivity index (χ1) is 11.7. The summed E-state index contributed by atoms with van der Waals surface area (Å²) in [6, 6.07) is 3.46. The van der Waals surface area contributed by atoms with Crippen molar-refractivity contribution in [1.82, 2.24) is 10.2 Å². The molecule has 0 aromatic heterocycles. The maximum atomic E-state index is 11.3. The highest BCUT2D eigenvalue weighted by Crippen LogP contribution is 2.38. The summed E-state index contributed by atoms with van der Waals surface area (Å²) in [7, 11) is 1.51. The van der Waals surface area contributed by atoms with Crippen molar-refractivity contribution in [2.24, 2.45) is 0 Å². The third-order valence-corrected chi connectivity index (χ3v) is 4.20. The Labute approximate surface area is 143 Å². The van der Waals surface area contributed by atoms with Gasteiger partial charge in [0, 0.05) is 32.2 Å². The van der Waals surface area contributed by atoms with Gasteiger partial charge in [0.2, 0.25) is 5.75 Å². The Bertz CT molecular complexity index is 545. The van der Waals surface area contributed by atoms with Crippen LogP contribution >= 0.6 is 0 Å². The van der Waals surface area contributed by atoms with E-state index in [1.54, 1.807) is 13.0 Å². The number of rotatable bonds is 9. The van der Waals surface area contributed by atoms with E-state index in [0.29, 0.717) is 12.4 Å². The number of aryl methyl sites for hydroxylation is 1. The highest BCUT2D eigenvalue weighted by Gasteiger charge is 2.22. The highest BCUT2D eigenvalue weighted by molar-refractivity contribution is 5.58. The van der Waals surface area contributed by atoms with Crippen molar-refractivity contribution in [2.75, 3.05) is 46.4 Å². The first-order valence-corrected chi connectivity index (χ1v) is 8.57. The van der Waals surface area contributed by atoms with Crippen molar-refractivity contribution in [2.45, 2.75) is 26.2 Å². The molecule has 1 N–H and O–H groups in total. The van der Waals surface area contributed by atoms with Gasteiger partial charge in [0.15, 0.2) is 5.75 Å². The first-order valence-electron chi connectivity index (χ1n) is 8.57. The van der Waals surface area contributed by atoms with Gasteiger partial charge in [-0.2, -0.15) is 0 Å². The SMILES string of the molecule is CCOc1c(OC)cc(CCCCN2CCNCC2)cc1[N+](=O)[O-].